The van der Waals surface area contributed by atoms with Gasteiger partial charge in [0.2, 0.25) is 0 Å². The first-order chi connectivity index (χ1) is 4.27. The lowest BCUT2D eigenvalue weighted by atomic mass is 10.2. The van der Waals surface area contributed by atoms with Gasteiger partial charge in [-0.15, -0.1) is 13.2 Å². The van der Waals surface area contributed by atoms with Crippen molar-refractivity contribution in [1.82, 2.24) is 0 Å². The van der Waals surface area contributed by atoms with Gasteiger partial charge in [-0.1, -0.05) is 0 Å². The SMILES string of the molecule is CC(C)(CF)OC(F)(F)F. The first-order valence-electron chi connectivity index (χ1n) is 2.60. The van der Waals surface area contributed by atoms with E-state index < -0.39 is 18.6 Å². The van der Waals surface area contributed by atoms with Crippen molar-refractivity contribution < 1.29 is 22.3 Å². The quantitative estimate of drug-likeness (QED) is 0.563. The maximum atomic E-state index is 11.7. The Morgan fingerprint density at radius 3 is 1.70 bits per heavy atom. The molecule has 0 rings (SSSR count). The van der Waals surface area contributed by atoms with E-state index in [0.717, 1.165) is 13.8 Å². The lowest BCUT2D eigenvalue weighted by Gasteiger charge is -2.22. The standard InChI is InChI=1S/C5H8F4O/c1-4(2,3-6)10-5(7,8)9/h3H2,1-2H3. The van der Waals surface area contributed by atoms with E-state index in [-0.39, 0.29) is 0 Å². The Bertz CT molecular complexity index is 107. The van der Waals surface area contributed by atoms with Crippen molar-refractivity contribution in [3.63, 3.8) is 0 Å². The molecule has 10 heavy (non-hydrogen) atoms. The van der Waals surface area contributed by atoms with E-state index in [4.69, 9.17) is 0 Å². The Morgan fingerprint density at radius 2 is 1.60 bits per heavy atom. The minimum Gasteiger partial charge on any atom is -0.283 e. The topological polar surface area (TPSA) is 9.23 Å². The van der Waals surface area contributed by atoms with Crippen molar-refractivity contribution in [1.29, 1.82) is 0 Å². The van der Waals surface area contributed by atoms with Crippen molar-refractivity contribution in [3.8, 4) is 0 Å². The summed E-state index contributed by atoms with van der Waals surface area (Å²) in [6.07, 6.45) is -4.75. The van der Waals surface area contributed by atoms with E-state index in [1.165, 1.54) is 0 Å². The van der Waals surface area contributed by atoms with Crippen LogP contribution in [0, 0.1) is 0 Å². The summed E-state index contributed by atoms with van der Waals surface area (Å²) in [5.41, 5.74) is -1.77. The molecule has 0 saturated heterocycles. The highest BCUT2D eigenvalue weighted by atomic mass is 19.4. The van der Waals surface area contributed by atoms with Gasteiger partial charge in [-0.05, 0) is 13.8 Å². The summed E-state index contributed by atoms with van der Waals surface area (Å²) in [5, 5.41) is 0. The van der Waals surface area contributed by atoms with Gasteiger partial charge >= 0.3 is 6.36 Å². The zero-order valence-corrected chi connectivity index (χ0v) is 5.63. The summed E-state index contributed by atoms with van der Waals surface area (Å²) in [7, 11) is 0. The molecular weight excluding hydrogens is 152 g/mol. The molecule has 0 aromatic heterocycles. The van der Waals surface area contributed by atoms with Gasteiger partial charge < -0.3 is 0 Å². The summed E-state index contributed by atoms with van der Waals surface area (Å²) in [6, 6.07) is 0. The Labute approximate surface area is 56.0 Å². The molecule has 0 atom stereocenters. The van der Waals surface area contributed by atoms with E-state index in [1.807, 2.05) is 0 Å². The van der Waals surface area contributed by atoms with E-state index in [9.17, 15) is 17.6 Å². The molecule has 0 spiro atoms. The smallest absolute Gasteiger partial charge is 0.283 e. The van der Waals surface area contributed by atoms with Gasteiger partial charge in [0.15, 0.2) is 0 Å². The van der Waals surface area contributed by atoms with Crippen LogP contribution in [0.25, 0.3) is 0 Å². The molecule has 0 fully saturated rings. The molecule has 0 radical (unpaired) electrons. The van der Waals surface area contributed by atoms with Crippen molar-refractivity contribution in [2.24, 2.45) is 0 Å². The Morgan fingerprint density at radius 1 is 1.20 bits per heavy atom. The number of rotatable bonds is 2. The van der Waals surface area contributed by atoms with E-state index in [2.05, 4.69) is 4.74 Å². The fourth-order valence-corrected chi connectivity index (χ4v) is 0.341. The Hall–Kier alpha value is -0.320. The fraction of sp³-hybridized carbons (Fsp3) is 1.00. The van der Waals surface area contributed by atoms with Crippen LogP contribution >= 0.6 is 0 Å². The van der Waals surface area contributed by atoms with Crippen molar-refractivity contribution in [3.05, 3.63) is 0 Å². The van der Waals surface area contributed by atoms with Gasteiger partial charge in [0.1, 0.15) is 12.3 Å². The molecular formula is C5H8F4O. The van der Waals surface area contributed by atoms with Crippen LogP contribution in [-0.2, 0) is 4.74 Å². The van der Waals surface area contributed by atoms with Crippen LogP contribution in [0.15, 0.2) is 0 Å². The van der Waals surface area contributed by atoms with Gasteiger partial charge in [0, 0.05) is 0 Å². The lowest BCUT2D eigenvalue weighted by Crippen LogP contribution is -2.34. The molecule has 0 aliphatic heterocycles. The molecule has 0 aromatic rings. The van der Waals surface area contributed by atoms with Gasteiger partial charge in [-0.3, -0.25) is 4.74 Å². The molecule has 0 aliphatic rings. The maximum Gasteiger partial charge on any atom is 0.523 e. The summed E-state index contributed by atoms with van der Waals surface area (Å²) in [6.45, 7) is 0.896. The minimum absolute atomic E-state index is 1.03. The average molecular weight is 160 g/mol. The number of alkyl halides is 4. The molecule has 1 nitrogen and oxygen atoms in total. The normalized spacial score (nSPS) is 13.8. The van der Waals surface area contributed by atoms with E-state index in [1.54, 1.807) is 0 Å². The number of hydrogen-bond acceptors (Lipinski definition) is 1. The second kappa shape index (κ2) is 2.74. The third-order valence-electron chi connectivity index (χ3n) is 0.714. The molecule has 5 heteroatoms. The average Bonchev–Trinajstić information content (AvgIpc) is 1.60. The molecule has 0 amide bonds. The first kappa shape index (κ1) is 9.68. The van der Waals surface area contributed by atoms with Crippen LogP contribution < -0.4 is 0 Å². The van der Waals surface area contributed by atoms with Gasteiger partial charge in [0.25, 0.3) is 0 Å². The fourth-order valence-electron chi connectivity index (χ4n) is 0.341. The highest BCUT2D eigenvalue weighted by Crippen LogP contribution is 2.24. The number of halogens is 4. The minimum atomic E-state index is -4.75. The molecule has 0 N–H and O–H groups in total. The first-order valence-corrected chi connectivity index (χ1v) is 2.60. The highest BCUT2D eigenvalue weighted by molar-refractivity contribution is 4.66. The van der Waals surface area contributed by atoms with Crippen LogP contribution in [0.5, 0.6) is 0 Å². The van der Waals surface area contributed by atoms with Crippen LogP contribution in [0.2, 0.25) is 0 Å². The van der Waals surface area contributed by atoms with Crippen molar-refractivity contribution in [2.45, 2.75) is 25.8 Å². The predicted octanol–water partition coefficient (Wildman–Crippen LogP) is 2.27. The third-order valence-corrected chi connectivity index (χ3v) is 0.714. The zero-order valence-electron chi connectivity index (χ0n) is 5.63. The molecule has 0 bridgehead atoms. The summed E-state index contributed by atoms with van der Waals surface area (Å²) < 4.78 is 49.1. The number of ether oxygens (including phenoxy) is 1. The highest BCUT2D eigenvalue weighted by Gasteiger charge is 2.37. The van der Waals surface area contributed by atoms with E-state index in [0.29, 0.717) is 0 Å². The molecule has 0 aromatic carbocycles. The molecule has 0 heterocycles. The molecule has 0 unspecified atom stereocenters. The summed E-state index contributed by atoms with van der Waals surface area (Å²) >= 11 is 0. The monoisotopic (exact) mass is 160 g/mol. The Balaban J connectivity index is 3.89. The predicted molar refractivity (Wildman–Crippen MR) is 27.2 cm³/mol. The van der Waals surface area contributed by atoms with Crippen molar-refractivity contribution in [2.75, 3.05) is 6.67 Å². The molecule has 0 saturated carbocycles. The third kappa shape index (κ3) is 4.55. The molecule has 62 valence electrons. The van der Waals surface area contributed by atoms with Crippen LogP contribution in [0.4, 0.5) is 17.6 Å². The van der Waals surface area contributed by atoms with Crippen LogP contribution in [0.3, 0.4) is 0 Å². The number of hydrogen-bond donors (Lipinski definition) is 0. The maximum absolute atomic E-state index is 11.7. The second-order valence-corrected chi connectivity index (χ2v) is 2.44. The van der Waals surface area contributed by atoms with E-state index >= 15 is 0 Å². The van der Waals surface area contributed by atoms with Crippen LogP contribution in [-0.4, -0.2) is 18.6 Å². The molecule has 0 aliphatic carbocycles. The van der Waals surface area contributed by atoms with Crippen LogP contribution in [0.1, 0.15) is 13.8 Å². The summed E-state index contributed by atoms with van der Waals surface area (Å²) in [5.74, 6) is 0. The second-order valence-electron chi connectivity index (χ2n) is 2.44. The largest absolute Gasteiger partial charge is 0.523 e. The van der Waals surface area contributed by atoms with Gasteiger partial charge in [0.05, 0.1) is 0 Å². The zero-order chi connectivity index (χ0) is 8.41. The van der Waals surface area contributed by atoms with Gasteiger partial charge in [-0.25, -0.2) is 4.39 Å². The summed E-state index contributed by atoms with van der Waals surface area (Å²) in [4.78, 5) is 0. The Kier molecular flexibility index (Phi) is 2.65. The van der Waals surface area contributed by atoms with Crippen molar-refractivity contribution >= 4 is 0 Å². The lowest BCUT2D eigenvalue weighted by molar-refractivity contribution is -0.362. The van der Waals surface area contributed by atoms with Gasteiger partial charge in [-0.2, -0.15) is 0 Å².